The third kappa shape index (κ3) is 4.37. The van der Waals surface area contributed by atoms with E-state index in [1.807, 2.05) is 0 Å². The Kier molecular flexibility index (Phi) is 5.23. The number of rotatable bonds is 7. The number of hydrogen-bond acceptors (Lipinski definition) is 4. The molecule has 6 heteroatoms. The molecule has 1 aromatic rings. The van der Waals surface area contributed by atoms with Crippen molar-refractivity contribution in [3.8, 4) is 0 Å². The molecule has 1 aliphatic rings. The maximum atomic E-state index is 12.0. The Labute approximate surface area is 124 Å². The molecule has 1 fully saturated rings. The average Bonchev–Trinajstić information content (AvgIpc) is 3.23. The van der Waals surface area contributed by atoms with E-state index in [1.54, 1.807) is 25.3 Å². The van der Waals surface area contributed by atoms with Gasteiger partial charge in [-0.25, -0.2) is 0 Å². The van der Waals surface area contributed by atoms with Gasteiger partial charge >= 0.3 is 0 Å². The van der Waals surface area contributed by atoms with Crippen molar-refractivity contribution < 1.29 is 9.53 Å². The number of ether oxygens (including phenoxy) is 1. The fourth-order valence-electron chi connectivity index (χ4n) is 2.05. The number of methoxy groups -OCH3 is 1. The SMILES string of the molecule is COCCN(CC(=O)Nc1ccc(Cl)c(N)c1)C1CC1. The van der Waals surface area contributed by atoms with Crippen molar-refractivity contribution >= 4 is 28.9 Å². The van der Waals surface area contributed by atoms with Crippen LogP contribution in [-0.4, -0.2) is 43.7 Å². The molecular formula is C14H20ClN3O2. The highest BCUT2D eigenvalue weighted by atomic mass is 35.5. The highest BCUT2D eigenvalue weighted by Crippen LogP contribution is 2.26. The van der Waals surface area contributed by atoms with Gasteiger partial charge in [0.15, 0.2) is 0 Å². The number of carbonyl (C=O) groups excluding carboxylic acids is 1. The second-order valence-corrected chi connectivity index (χ2v) is 5.39. The zero-order valence-corrected chi connectivity index (χ0v) is 12.3. The molecule has 0 aromatic heterocycles. The molecule has 1 aliphatic carbocycles. The van der Waals surface area contributed by atoms with Gasteiger partial charge in [-0.2, -0.15) is 0 Å². The molecule has 1 amide bonds. The Bertz CT molecular complexity index is 477. The molecular weight excluding hydrogens is 278 g/mol. The van der Waals surface area contributed by atoms with Crippen LogP contribution in [0.3, 0.4) is 0 Å². The molecule has 110 valence electrons. The summed E-state index contributed by atoms with van der Waals surface area (Å²) in [5.74, 6) is -0.0466. The van der Waals surface area contributed by atoms with Crippen molar-refractivity contribution in [1.29, 1.82) is 0 Å². The van der Waals surface area contributed by atoms with Crippen LogP contribution in [0, 0.1) is 0 Å². The normalized spacial score (nSPS) is 14.6. The van der Waals surface area contributed by atoms with Crippen LogP contribution in [0.25, 0.3) is 0 Å². The molecule has 1 saturated carbocycles. The van der Waals surface area contributed by atoms with Crippen LogP contribution in [0.1, 0.15) is 12.8 Å². The van der Waals surface area contributed by atoms with Crippen LogP contribution < -0.4 is 11.1 Å². The van der Waals surface area contributed by atoms with Crippen molar-refractivity contribution in [2.45, 2.75) is 18.9 Å². The zero-order valence-electron chi connectivity index (χ0n) is 11.6. The number of carbonyl (C=O) groups is 1. The summed E-state index contributed by atoms with van der Waals surface area (Å²) < 4.78 is 5.07. The van der Waals surface area contributed by atoms with Gasteiger partial charge in [-0.05, 0) is 31.0 Å². The summed E-state index contributed by atoms with van der Waals surface area (Å²) >= 11 is 5.85. The van der Waals surface area contributed by atoms with E-state index in [9.17, 15) is 4.79 Å². The van der Waals surface area contributed by atoms with Crippen LogP contribution in [0.4, 0.5) is 11.4 Å². The fourth-order valence-corrected chi connectivity index (χ4v) is 2.16. The molecule has 0 bridgehead atoms. The Hall–Kier alpha value is -1.30. The second-order valence-electron chi connectivity index (χ2n) is 4.98. The minimum Gasteiger partial charge on any atom is -0.397 e. The molecule has 1 aromatic carbocycles. The standard InChI is InChI=1S/C14H20ClN3O2/c1-20-7-6-18(11-3-4-11)9-14(19)17-10-2-5-12(15)13(16)8-10/h2,5,8,11H,3-4,6-7,9,16H2,1H3,(H,17,19). The second kappa shape index (κ2) is 6.92. The first kappa shape index (κ1) is 15.1. The van der Waals surface area contributed by atoms with E-state index >= 15 is 0 Å². The fraction of sp³-hybridized carbons (Fsp3) is 0.500. The number of nitrogen functional groups attached to an aromatic ring is 1. The van der Waals surface area contributed by atoms with Gasteiger partial charge in [-0.1, -0.05) is 11.6 Å². The summed E-state index contributed by atoms with van der Waals surface area (Å²) in [6, 6.07) is 5.60. The maximum absolute atomic E-state index is 12.0. The van der Waals surface area contributed by atoms with Crippen molar-refractivity contribution in [3.63, 3.8) is 0 Å². The Morgan fingerprint density at radius 2 is 2.30 bits per heavy atom. The summed E-state index contributed by atoms with van der Waals surface area (Å²) in [4.78, 5) is 14.2. The smallest absolute Gasteiger partial charge is 0.238 e. The molecule has 0 spiro atoms. The number of anilines is 2. The molecule has 0 radical (unpaired) electrons. The lowest BCUT2D eigenvalue weighted by molar-refractivity contribution is -0.117. The molecule has 3 N–H and O–H groups in total. The van der Waals surface area contributed by atoms with Crippen LogP contribution in [-0.2, 0) is 9.53 Å². The van der Waals surface area contributed by atoms with E-state index in [1.165, 1.54) is 0 Å². The van der Waals surface area contributed by atoms with Crippen LogP contribution in [0.15, 0.2) is 18.2 Å². The topological polar surface area (TPSA) is 67.6 Å². The van der Waals surface area contributed by atoms with Gasteiger partial charge in [0.25, 0.3) is 0 Å². The molecule has 0 atom stereocenters. The average molecular weight is 298 g/mol. The maximum Gasteiger partial charge on any atom is 0.238 e. The third-order valence-electron chi connectivity index (χ3n) is 3.27. The van der Waals surface area contributed by atoms with E-state index in [-0.39, 0.29) is 5.91 Å². The summed E-state index contributed by atoms with van der Waals surface area (Å²) in [7, 11) is 1.67. The number of hydrogen-bond donors (Lipinski definition) is 2. The molecule has 2 rings (SSSR count). The largest absolute Gasteiger partial charge is 0.397 e. The van der Waals surface area contributed by atoms with Gasteiger partial charge in [0.05, 0.1) is 23.9 Å². The molecule has 0 saturated heterocycles. The van der Waals surface area contributed by atoms with Crippen LogP contribution >= 0.6 is 11.6 Å². The lowest BCUT2D eigenvalue weighted by Crippen LogP contribution is -2.37. The van der Waals surface area contributed by atoms with Crippen LogP contribution in [0.5, 0.6) is 0 Å². The number of benzene rings is 1. The number of halogens is 1. The predicted molar refractivity (Wildman–Crippen MR) is 81.0 cm³/mol. The summed E-state index contributed by atoms with van der Waals surface area (Å²) in [5.41, 5.74) is 6.84. The number of nitrogens with two attached hydrogens (primary N) is 1. The first-order chi connectivity index (χ1) is 9.60. The number of nitrogens with one attached hydrogen (secondary N) is 1. The summed E-state index contributed by atoms with van der Waals surface area (Å²) in [5, 5.41) is 3.33. The number of nitrogens with zero attached hydrogens (tertiary/aromatic N) is 1. The van der Waals surface area contributed by atoms with Crippen molar-refractivity contribution in [2.75, 3.05) is 37.9 Å². The van der Waals surface area contributed by atoms with Gasteiger partial charge in [0.2, 0.25) is 5.91 Å². The van der Waals surface area contributed by atoms with Crippen molar-refractivity contribution in [1.82, 2.24) is 4.90 Å². The Morgan fingerprint density at radius 3 is 2.90 bits per heavy atom. The van der Waals surface area contributed by atoms with E-state index in [0.717, 1.165) is 19.4 Å². The van der Waals surface area contributed by atoms with Gasteiger partial charge < -0.3 is 15.8 Å². The summed E-state index contributed by atoms with van der Waals surface area (Å²) in [6.07, 6.45) is 2.32. The molecule has 0 unspecified atom stereocenters. The lowest BCUT2D eigenvalue weighted by Gasteiger charge is -2.20. The molecule has 0 aliphatic heterocycles. The van der Waals surface area contributed by atoms with Gasteiger partial charge in [-0.3, -0.25) is 9.69 Å². The highest BCUT2D eigenvalue weighted by molar-refractivity contribution is 6.33. The van der Waals surface area contributed by atoms with E-state index in [0.29, 0.717) is 35.6 Å². The quantitative estimate of drug-likeness (QED) is 0.755. The monoisotopic (exact) mass is 297 g/mol. The first-order valence-electron chi connectivity index (χ1n) is 6.68. The third-order valence-corrected chi connectivity index (χ3v) is 3.62. The van der Waals surface area contributed by atoms with E-state index in [4.69, 9.17) is 22.1 Å². The van der Waals surface area contributed by atoms with Crippen LogP contribution in [0.2, 0.25) is 5.02 Å². The van der Waals surface area contributed by atoms with Gasteiger partial charge in [0, 0.05) is 25.4 Å². The first-order valence-corrected chi connectivity index (χ1v) is 7.06. The summed E-state index contributed by atoms with van der Waals surface area (Å²) in [6.45, 7) is 1.78. The van der Waals surface area contributed by atoms with E-state index < -0.39 is 0 Å². The lowest BCUT2D eigenvalue weighted by atomic mass is 10.3. The molecule has 20 heavy (non-hydrogen) atoms. The minimum atomic E-state index is -0.0466. The zero-order chi connectivity index (χ0) is 14.5. The van der Waals surface area contributed by atoms with E-state index in [2.05, 4.69) is 10.2 Å². The Balaban J connectivity index is 1.88. The minimum absolute atomic E-state index is 0.0466. The molecule has 0 heterocycles. The van der Waals surface area contributed by atoms with Gasteiger partial charge in [0.1, 0.15) is 0 Å². The van der Waals surface area contributed by atoms with Crippen molar-refractivity contribution in [2.24, 2.45) is 0 Å². The Morgan fingerprint density at radius 1 is 1.55 bits per heavy atom. The van der Waals surface area contributed by atoms with Gasteiger partial charge in [-0.15, -0.1) is 0 Å². The predicted octanol–water partition coefficient (Wildman–Crippen LogP) is 1.97. The molecule has 5 nitrogen and oxygen atoms in total. The number of amides is 1. The highest BCUT2D eigenvalue weighted by Gasteiger charge is 2.29. The van der Waals surface area contributed by atoms with Crippen molar-refractivity contribution in [3.05, 3.63) is 23.2 Å².